The van der Waals surface area contributed by atoms with Crippen molar-refractivity contribution in [3.8, 4) is 10.8 Å². The maximum Gasteiger partial charge on any atom is 0.236 e. The SMILES string of the molecule is Cc1oc(-c2cccs2)nc1CN(CCO)CCO. The van der Waals surface area contributed by atoms with Crippen molar-refractivity contribution in [2.24, 2.45) is 0 Å². The molecule has 2 N–H and O–H groups in total. The molecule has 19 heavy (non-hydrogen) atoms. The van der Waals surface area contributed by atoms with E-state index in [9.17, 15) is 0 Å². The molecule has 2 rings (SSSR count). The average Bonchev–Trinajstić information content (AvgIpc) is 3.00. The van der Waals surface area contributed by atoms with Crippen molar-refractivity contribution in [1.29, 1.82) is 0 Å². The first-order chi connectivity index (χ1) is 9.24. The van der Waals surface area contributed by atoms with Gasteiger partial charge in [0.2, 0.25) is 5.89 Å². The Bertz CT molecular complexity index is 490. The van der Waals surface area contributed by atoms with Gasteiger partial charge in [-0.25, -0.2) is 4.98 Å². The van der Waals surface area contributed by atoms with Crippen LogP contribution in [0.2, 0.25) is 0 Å². The number of rotatable bonds is 7. The van der Waals surface area contributed by atoms with Gasteiger partial charge in [-0.1, -0.05) is 6.07 Å². The van der Waals surface area contributed by atoms with Crippen molar-refractivity contribution in [3.63, 3.8) is 0 Å². The van der Waals surface area contributed by atoms with Gasteiger partial charge in [-0.05, 0) is 18.4 Å². The van der Waals surface area contributed by atoms with E-state index in [1.807, 2.05) is 29.3 Å². The molecular weight excluding hydrogens is 264 g/mol. The zero-order chi connectivity index (χ0) is 13.7. The van der Waals surface area contributed by atoms with Crippen molar-refractivity contribution >= 4 is 11.3 Å². The van der Waals surface area contributed by atoms with Crippen LogP contribution < -0.4 is 0 Å². The Balaban J connectivity index is 2.11. The summed E-state index contributed by atoms with van der Waals surface area (Å²) in [6.07, 6.45) is 0. The fourth-order valence-corrected chi connectivity index (χ4v) is 2.49. The standard InChI is InChI=1S/C13H18N2O3S/c1-10-11(9-15(4-6-16)5-7-17)14-13(18-10)12-3-2-8-19-12/h2-3,8,16-17H,4-7,9H2,1H3. The molecule has 2 aromatic rings. The summed E-state index contributed by atoms with van der Waals surface area (Å²) in [5.41, 5.74) is 0.852. The van der Waals surface area contributed by atoms with Crippen LogP contribution in [0.1, 0.15) is 11.5 Å². The van der Waals surface area contributed by atoms with Gasteiger partial charge < -0.3 is 14.6 Å². The van der Waals surface area contributed by atoms with Crippen molar-refractivity contribution in [1.82, 2.24) is 9.88 Å². The highest BCUT2D eigenvalue weighted by atomic mass is 32.1. The first-order valence-electron chi connectivity index (χ1n) is 6.19. The van der Waals surface area contributed by atoms with E-state index >= 15 is 0 Å². The molecule has 0 aliphatic heterocycles. The molecule has 0 aliphatic carbocycles. The summed E-state index contributed by atoms with van der Waals surface area (Å²) in [5.74, 6) is 1.42. The molecule has 0 amide bonds. The second-order valence-electron chi connectivity index (χ2n) is 4.22. The van der Waals surface area contributed by atoms with Crippen molar-refractivity contribution in [2.45, 2.75) is 13.5 Å². The van der Waals surface area contributed by atoms with Crippen LogP contribution in [-0.4, -0.2) is 46.4 Å². The van der Waals surface area contributed by atoms with Crippen LogP contribution in [0.5, 0.6) is 0 Å². The van der Waals surface area contributed by atoms with Crippen LogP contribution >= 0.6 is 11.3 Å². The predicted molar refractivity (Wildman–Crippen MR) is 74.0 cm³/mol. The number of nitrogens with zero attached hydrogens (tertiary/aromatic N) is 2. The molecule has 0 saturated carbocycles. The van der Waals surface area contributed by atoms with E-state index < -0.39 is 0 Å². The molecule has 2 heterocycles. The lowest BCUT2D eigenvalue weighted by molar-refractivity contribution is 0.154. The van der Waals surface area contributed by atoms with Crippen molar-refractivity contribution < 1.29 is 14.6 Å². The number of aryl methyl sites for hydroxylation is 1. The summed E-state index contributed by atoms with van der Waals surface area (Å²) in [4.78, 5) is 7.45. The molecule has 0 fully saturated rings. The molecule has 2 aromatic heterocycles. The maximum absolute atomic E-state index is 9.00. The molecule has 5 nitrogen and oxygen atoms in total. The summed E-state index contributed by atoms with van der Waals surface area (Å²) >= 11 is 1.59. The largest absolute Gasteiger partial charge is 0.440 e. The number of aromatic nitrogens is 1. The summed E-state index contributed by atoms with van der Waals surface area (Å²) in [6, 6.07) is 3.93. The predicted octanol–water partition coefficient (Wildman–Crippen LogP) is 1.50. The zero-order valence-corrected chi connectivity index (χ0v) is 11.7. The van der Waals surface area contributed by atoms with E-state index in [4.69, 9.17) is 14.6 Å². The molecular formula is C13H18N2O3S. The fourth-order valence-electron chi connectivity index (χ4n) is 1.84. The van der Waals surface area contributed by atoms with E-state index in [2.05, 4.69) is 4.98 Å². The van der Waals surface area contributed by atoms with Gasteiger partial charge in [0.25, 0.3) is 0 Å². The summed E-state index contributed by atoms with van der Waals surface area (Å²) in [7, 11) is 0. The molecule has 0 aromatic carbocycles. The second-order valence-corrected chi connectivity index (χ2v) is 5.17. The molecule has 104 valence electrons. The van der Waals surface area contributed by atoms with Crippen LogP contribution in [-0.2, 0) is 6.54 Å². The minimum absolute atomic E-state index is 0.0642. The third-order valence-electron chi connectivity index (χ3n) is 2.83. The van der Waals surface area contributed by atoms with Gasteiger partial charge >= 0.3 is 0 Å². The minimum atomic E-state index is 0.0642. The van der Waals surface area contributed by atoms with Gasteiger partial charge in [0.15, 0.2) is 0 Å². The first kappa shape index (κ1) is 14.2. The highest BCUT2D eigenvalue weighted by Crippen LogP contribution is 2.26. The number of oxazole rings is 1. The number of hydrogen-bond donors (Lipinski definition) is 2. The highest BCUT2D eigenvalue weighted by molar-refractivity contribution is 7.13. The van der Waals surface area contributed by atoms with E-state index in [1.165, 1.54) is 0 Å². The first-order valence-corrected chi connectivity index (χ1v) is 7.06. The Labute approximate surface area is 116 Å². The fraction of sp³-hybridized carbons (Fsp3) is 0.462. The topological polar surface area (TPSA) is 69.7 Å². The minimum Gasteiger partial charge on any atom is -0.440 e. The number of thiophene rings is 1. The Morgan fingerprint density at radius 1 is 1.32 bits per heavy atom. The van der Waals surface area contributed by atoms with Gasteiger partial charge in [0.05, 0.1) is 23.8 Å². The van der Waals surface area contributed by atoms with Gasteiger partial charge in [-0.15, -0.1) is 11.3 Å². The van der Waals surface area contributed by atoms with E-state index in [0.29, 0.717) is 25.5 Å². The molecule has 0 saturated heterocycles. The number of aliphatic hydroxyl groups is 2. The number of aliphatic hydroxyl groups excluding tert-OH is 2. The third-order valence-corrected chi connectivity index (χ3v) is 3.69. The quantitative estimate of drug-likeness (QED) is 0.805. The normalized spacial score (nSPS) is 11.4. The molecule has 0 radical (unpaired) electrons. The molecule has 6 heteroatoms. The lowest BCUT2D eigenvalue weighted by Gasteiger charge is -2.18. The van der Waals surface area contributed by atoms with E-state index in [-0.39, 0.29) is 13.2 Å². The molecule has 0 bridgehead atoms. The van der Waals surface area contributed by atoms with E-state index in [0.717, 1.165) is 16.3 Å². The highest BCUT2D eigenvalue weighted by Gasteiger charge is 2.15. The maximum atomic E-state index is 9.00. The summed E-state index contributed by atoms with van der Waals surface area (Å²) < 4.78 is 5.66. The van der Waals surface area contributed by atoms with Gasteiger partial charge in [-0.2, -0.15) is 0 Å². The van der Waals surface area contributed by atoms with Crippen LogP contribution in [0.3, 0.4) is 0 Å². The van der Waals surface area contributed by atoms with Crippen molar-refractivity contribution in [3.05, 3.63) is 29.0 Å². The van der Waals surface area contributed by atoms with Crippen LogP contribution in [0.15, 0.2) is 21.9 Å². The lowest BCUT2D eigenvalue weighted by atomic mass is 10.3. The van der Waals surface area contributed by atoms with Crippen LogP contribution in [0, 0.1) is 6.92 Å². The third kappa shape index (κ3) is 3.63. The van der Waals surface area contributed by atoms with Gasteiger partial charge in [0, 0.05) is 19.6 Å². The average molecular weight is 282 g/mol. The van der Waals surface area contributed by atoms with Crippen molar-refractivity contribution in [2.75, 3.05) is 26.3 Å². The Morgan fingerprint density at radius 2 is 2.05 bits per heavy atom. The van der Waals surface area contributed by atoms with Gasteiger partial charge in [0.1, 0.15) is 5.76 Å². The smallest absolute Gasteiger partial charge is 0.236 e. The molecule has 0 spiro atoms. The molecule has 0 atom stereocenters. The Kier molecular flexibility index (Phi) is 5.09. The monoisotopic (exact) mass is 282 g/mol. The van der Waals surface area contributed by atoms with Crippen LogP contribution in [0.4, 0.5) is 0 Å². The summed E-state index contributed by atoms with van der Waals surface area (Å²) in [5, 5.41) is 20.0. The van der Waals surface area contributed by atoms with Gasteiger partial charge in [-0.3, -0.25) is 4.90 Å². The van der Waals surface area contributed by atoms with Crippen LogP contribution in [0.25, 0.3) is 10.8 Å². The molecule has 0 unspecified atom stereocenters. The lowest BCUT2D eigenvalue weighted by Crippen LogP contribution is -2.29. The summed E-state index contributed by atoms with van der Waals surface area (Å²) in [6.45, 7) is 3.61. The molecule has 0 aliphatic rings. The van der Waals surface area contributed by atoms with E-state index in [1.54, 1.807) is 11.3 Å². The number of hydrogen-bond acceptors (Lipinski definition) is 6. The zero-order valence-electron chi connectivity index (χ0n) is 10.9. The Morgan fingerprint density at radius 3 is 2.63 bits per heavy atom. The second kappa shape index (κ2) is 6.81. The Hall–Kier alpha value is -1.21.